The Labute approximate surface area is 695 Å². The van der Waals surface area contributed by atoms with E-state index in [1.54, 1.807) is 16.7 Å². The molecule has 2 nitrogen and oxygen atoms in total. The van der Waals surface area contributed by atoms with Crippen molar-refractivity contribution in [1.29, 1.82) is 0 Å². The molecule has 0 aromatic heterocycles. The maximum atomic E-state index is 3.75. The van der Waals surface area contributed by atoms with Crippen molar-refractivity contribution in [3.8, 4) is 66.8 Å². The number of rotatable bonds is 27. The molecule has 0 heterocycles. The Morgan fingerprint density at radius 1 is 0.243 bits per heavy atom. The number of nitrogens with zero attached hydrogens (tertiary/aromatic N) is 1. The van der Waals surface area contributed by atoms with E-state index >= 15 is 0 Å². The molecular formula is C112H115BrN2. The smallest absolute Gasteiger partial charge is 0.0465 e. The zero-order valence-electron chi connectivity index (χ0n) is 69.3. The molecule has 0 fully saturated rings. The molecule has 14 aromatic carbocycles. The lowest BCUT2D eigenvalue weighted by Gasteiger charge is -2.34. The second kappa shape index (κ2) is 34.6. The van der Waals surface area contributed by atoms with Crippen LogP contribution in [0.15, 0.2) is 308 Å². The number of halogens is 1. The Bertz CT molecular complexity index is 5730. The van der Waals surface area contributed by atoms with Crippen molar-refractivity contribution in [3.05, 3.63) is 352 Å². The molecule has 0 saturated heterocycles. The van der Waals surface area contributed by atoms with Gasteiger partial charge in [-0.2, -0.15) is 0 Å². The molecule has 0 aliphatic heterocycles. The molecular weight excluding hydrogens is 1450 g/mol. The summed E-state index contributed by atoms with van der Waals surface area (Å²) in [6, 6.07) is 113. The van der Waals surface area contributed by atoms with E-state index < -0.39 is 0 Å². The summed E-state index contributed by atoms with van der Waals surface area (Å²) in [6.07, 6.45) is 26.0. The van der Waals surface area contributed by atoms with E-state index in [-0.39, 0.29) is 21.7 Å². The van der Waals surface area contributed by atoms with Gasteiger partial charge in [0.05, 0.1) is 0 Å². The predicted octanol–water partition coefficient (Wildman–Crippen LogP) is 33.7. The first kappa shape index (κ1) is 78.6. The summed E-state index contributed by atoms with van der Waals surface area (Å²) in [7, 11) is 0. The topological polar surface area (TPSA) is 15.3 Å². The minimum Gasteiger partial charge on any atom is -0.356 e. The van der Waals surface area contributed by atoms with Crippen LogP contribution in [0.2, 0.25) is 0 Å². The number of anilines is 5. The first-order chi connectivity index (χ1) is 56.2. The van der Waals surface area contributed by atoms with Crippen LogP contribution in [0.25, 0.3) is 88.3 Å². The molecule has 4 aliphatic rings. The molecule has 0 radical (unpaired) electrons. The van der Waals surface area contributed by atoms with Gasteiger partial charge in [-0.15, -0.1) is 0 Å². The molecule has 14 aromatic rings. The van der Waals surface area contributed by atoms with Crippen molar-refractivity contribution >= 4 is 65.9 Å². The van der Waals surface area contributed by atoms with Crippen molar-refractivity contribution in [3.63, 3.8) is 0 Å². The van der Waals surface area contributed by atoms with Gasteiger partial charge in [-0.25, -0.2) is 0 Å². The Hall–Kier alpha value is -10.3. The fourth-order valence-electron chi connectivity index (χ4n) is 20.3. The summed E-state index contributed by atoms with van der Waals surface area (Å²) < 4.78 is 1.22. The SMILES string of the molecule is CC1(C)c2ccccc2-c2ccc(Nc3ccc(-c4ccc5ccccc5c4)cc3)cc21.CCCCCCC1(CCCCCC)c2ccccc2-c2ccc(Br)cc21.CCCCCCC1(CCCCCC)c2ccccc2-c2ccc(N(c3ccc(-c4ccc5ccccc5c4)cc3)c3ccc4c(c3)C(C)(C)c3ccccc3-4)cc21. The van der Waals surface area contributed by atoms with E-state index in [2.05, 4.69) is 385 Å². The number of unbranched alkanes of at least 4 members (excludes halogenated alkanes) is 12. The van der Waals surface area contributed by atoms with Crippen LogP contribution in [-0.2, 0) is 21.7 Å². The second-order valence-electron chi connectivity index (χ2n) is 34.5. The third-order valence-electron chi connectivity index (χ3n) is 26.4. The summed E-state index contributed by atoms with van der Waals surface area (Å²) in [4.78, 5) is 2.53. The molecule has 18 rings (SSSR count). The minimum atomic E-state index is -0.0841. The van der Waals surface area contributed by atoms with Crippen molar-refractivity contribution in [2.45, 2.75) is 205 Å². The van der Waals surface area contributed by atoms with Crippen LogP contribution < -0.4 is 10.2 Å². The summed E-state index contributed by atoms with van der Waals surface area (Å²) in [5.74, 6) is 0. The maximum absolute atomic E-state index is 3.75. The molecule has 0 amide bonds. The minimum absolute atomic E-state index is 0.0174. The summed E-state index contributed by atoms with van der Waals surface area (Å²) in [5, 5.41) is 8.70. The van der Waals surface area contributed by atoms with Crippen LogP contribution >= 0.6 is 15.9 Å². The maximum Gasteiger partial charge on any atom is 0.0465 e. The highest BCUT2D eigenvalue weighted by atomic mass is 79.9. The Morgan fingerprint density at radius 3 is 1.02 bits per heavy atom. The van der Waals surface area contributed by atoms with Crippen molar-refractivity contribution < 1.29 is 0 Å². The highest BCUT2D eigenvalue weighted by molar-refractivity contribution is 9.10. The number of fused-ring (bicyclic) bond motifs is 14. The highest BCUT2D eigenvalue weighted by Crippen LogP contribution is 2.59. The molecule has 115 heavy (non-hydrogen) atoms. The standard InChI is InChI=1S/C56H57N.C31H25N.C25H33Br/c1-5-7-9-17-35-56(36-18-10-8-6-2)52-24-16-14-22-48(52)50-34-32-46(39-54(50)56)57(45-31-33-49-47-21-13-15-23-51(47)55(3,4)53(49)38-45)44-29-27-41(28-30-44)43-26-25-40-19-11-12-20-42(40)37-43;1-31(2)29-10-6-5-9-27(29)28-18-17-26(20-30(28)31)32-25-15-13-22(14-16-25)24-12-11-21-7-3-4-8-23(21)19-24;1-3-5-7-11-17-25(18-12-8-6-4-2)23-14-10-9-13-21(23)22-16-15-20(26)19-24(22)25/h11-16,19-34,37-39H,5-10,17-18,35-36H2,1-4H3;3-20,32H,1-2H3;9-10,13-16,19H,3-8,11-12,17-18H2,1-2H3. The fraction of sp³-hybridized carbons (Fsp3) is 0.286. The Kier molecular flexibility index (Phi) is 23.7. The predicted molar refractivity (Wildman–Crippen MR) is 500 cm³/mol. The highest BCUT2D eigenvalue weighted by Gasteiger charge is 2.45. The summed E-state index contributed by atoms with van der Waals surface area (Å²) in [5.41, 5.74) is 34.1. The average Bonchev–Trinajstić information content (AvgIpc) is 1.50. The lowest BCUT2D eigenvalue weighted by molar-refractivity contribution is 0.401. The molecule has 3 heteroatoms. The van der Waals surface area contributed by atoms with Gasteiger partial charge >= 0.3 is 0 Å². The Balaban J connectivity index is 0.000000144. The van der Waals surface area contributed by atoms with Crippen LogP contribution in [0.5, 0.6) is 0 Å². The normalized spacial score (nSPS) is 14.1. The van der Waals surface area contributed by atoms with Gasteiger partial charge in [-0.1, -0.05) is 392 Å². The molecule has 580 valence electrons. The van der Waals surface area contributed by atoms with Crippen molar-refractivity contribution in [2.75, 3.05) is 10.2 Å². The van der Waals surface area contributed by atoms with Gasteiger partial charge in [0.1, 0.15) is 0 Å². The zero-order valence-corrected chi connectivity index (χ0v) is 70.9. The van der Waals surface area contributed by atoms with Gasteiger partial charge in [0.15, 0.2) is 0 Å². The fourth-order valence-corrected chi connectivity index (χ4v) is 20.6. The number of benzene rings is 14. The van der Waals surface area contributed by atoms with Crippen molar-refractivity contribution in [1.82, 2.24) is 0 Å². The lowest BCUT2D eigenvalue weighted by Crippen LogP contribution is -2.26. The van der Waals surface area contributed by atoms with Crippen LogP contribution in [0.1, 0.15) is 228 Å². The van der Waals surface area contributed by atoms with Gasteiger partial charge in [-0.05, 0) is 243 Å². The second-order valence-corrected chi connectivity index (χ2v) is 35.4. The Morgan fingerprint density at radius 2 is 0.565 bits per heavy atom. The van der Waals surface area contributed by atoms with E-state index in [0.29, 0.717) is 0 Å². The van der Waals surface area contributed by atoms with E-state index in [9.17, 15) is 0 Å². The monoisotopic (exact) mass is 1570 g/mol. The zero-order chi connectivity index (χ0) is 79.1. The molecule has 0 atom stereocenters. The molecule has 0 bridgehead atoms. The van der Waals surface area contributed by atoms with Crippen LogP contribution in [0.3, 0.4) is 0 Å². The first-order valence-electron chi connectivity index (χ1n) is 43.6. The van der Waals surface area contributed by atoms with Crippen LogP contribution in [0.4, 0.5) is 28.4 Å². The van der Waals surface area contributed by atoms with Gasteiger partial charge in [0.2, 0.25) is 0 Å². The van der Waals surface area contributed by atoms with Gasteiger partial charge in [0.25, 0.3) is 0 Å². The van der Waals surface area contributed by atoms with E-state index in [4.69, 9.17) is 0 Å². The van der Waals surface area contributed by atoms with Crippen LogP contribution in [-0.4, -0.2) is 0 Å². The van der Waals surface area contributed by atoms with Gasteiger partial charge in [0, 0.05) is 54.6 Å². The van der Waals surface area contributed by atoms with E-state index in [1.807, 2.05) is 0 Å². The molecule has 0 spiro atoms. The van der Waals surface area contributed by atoms with Gasteiger partial charge in [-0.3, -0.25) is 0 Å². The molecule has 0 saturated carbocycles. The lowest BCUT2D eigenvalue weighted by atomic mass is 9.70. The van der Waals surface area contributed by atoms with Crippen molar-refractivity contribution in [2.24, 2.45) is 0 Å². The number of nitrogens with one attached hydrogen (secondary N) is 1. The average molecular weight is 1570 g/mol. The number of hydrogen-bond acceptors (Lipinski definition) is 2. The summed E-state index contributed by atoms with van der Waals surface area (Å²) in [6.45, 7) is 18.7. The quantitative estimate of drug-likeness (QED) is 0.0516. The largest absolute Gasteiger partial charge is 0.356 e. The van der Waals surface area contributed by atoms with Gasteiger partial charge < -0.3 is 10.2 Å². The van der Waals surface area contributed by atoms with Crippen LogP contribution in [0, 0.1) is 0 Å². The molecule has 4 aliphatic carbocycles. The number of hydrogen-bond donors (Lipinski definition) is 1. The molecule has 1 N–H and O–H groups in total. The third-order valence-corrected chi connectivity index (χ3v) is 26.9. The summed E-state index contributed by atoms with van der Waals surface area (Å²) >= 11 is 3.75. The molecule has 0 unspecified atom stereocenters. The third kappa shape index (κ3) is 15.7. The van der Waals surface area contributed by atoms with E-state index in [1.165, 1.54) is 266 Å². The van der Waals surface area contributed by atoms with E-state index in [0.717, 1.165) is 11.4 Å². The first-order valence-corrected chi connectivity index (χ1v) is 44.4.